The van der Waals surface area contributed by atoms with Crippen molar-refractivity contribution in [3.63, 3.8) is 0 Å². The van der Waals surface area contributed by atoms with E-state index in [0.717, 1.165) is 36.4 Å². The minimum atomic E-state index is -0.0305. The topological polar surface area (TPSA) is 62.2 Å². The molecular formula is C14H20N4O. The van der Waals surface area contributed by atoms with Crippen molar-refractivity contribution in [2.75, 3.05) is 13.1 Å². The lowest BCUT2D eigenvalue weighted by atomic mass is 9.89. The van der Waals surface area contributed by atoms with Crippen molar-refractivity contribution in [2.45, 2.75) is 38.5 Å². The van der Waals surface area contributed by atoms with Gasteiger partial charge in [-0.25, -0.2) is 9.50 Å². The lowest BCUT2D eigenvalue weighted by molar-refractivity contribution is 0.593. The summed E-state index contributed by atoms with van der Waals surface area (Å²) in [5.41, 5.74) is 2.71. The summed E-state index contributed by atoms with van der Waals surface area (Å²) in [7, 11) is 0. The van der Waals surface area contributed by atoms with Gasteiger partial charge in [0.2, 0.25) is 0 Å². The third kappa shape index (κ3) is 2.08. The molecule has 2 aromatic rings. The SMILES string of the molecule is CC(C)(C)c1c[nH]n2c(=O)cc(C3CCNC3)nc12. The van der Waals surface area contributed by atoms with E-state index in [1.165, 1.54) is 4.52 Å². The molecule has 0 aliphatic carbocycles. The van der Waals surface area contributed by atoms with Crippen LogP contribution in [0.3, 0.4) is 0 Å². The molecule has 1 saturated heterocycles. The molecule has 3 heterocycles. The molecule has 0 saturated carbocycles. The Morgan fingerprint density at radius 2 is 2.21 bits per heavy atom. The molecule has 19 heavy (non-hydrogen) atoms. The number of rotatable bonds is 1. The van der Waals surface area contributed by atoms with E-state index >= 15 is 0 Å². The molecule has 0 bridgehead atoms. The summed E-state index contributed by atoms with van der Waals surface area (Å²) in [5.74, 6) is 0.361. The van der Waals surface area contributed by atoms with Crippen molar-refractivity contribution in [2.24, 2.45) is 0 Å². The minimum absolute atomic E-state index is 0.0256. The van der Waals surface area contributed by atoms with Gasteiger partial charge in [-0.1, -0.05) is 20.8 Å². The fourth-order valence-electron chi connectivity index (χ4n) is 2.67. The molecule has 3 rings (SSSR count). The summed E-state index contributed by atoms with van der Waals surface area (Å²) >= 11 is 0. The molecule has 5 nitrogen and oxygen atoms in total. The van der Waals surface area contributed by atoms with E-state index in [0.29, 0.717) is 5.92 Å². The Hall–Kier alpha value is -1.62. The second-order valence-corrected chi connectivity index (χ2v) is 6.31. The summed E-state index contributed by atoms with van der Waals surface area (Å²) in [4.78, 5) is 16.9. The molecular weight excluding hydrogens is 240 g/mol. The van der Waals surface area contributed by atoms with Crippen molar-refractivity contribution < 1.29 is 0 Å². The van der Waals surface area contributed by atoms with Gasteiger partial charge in [0.1, 0.15) is 0 Å². The Morgan fingerprint density at radius 3 is 2.84 bits per heavy atom. The Balaban J connectivity index is 2.19. The zero-order valence-corrected chi connectivity index (χ0v) is 11.7. The summed E-state index contributed by atoms with van der Waals surface area (Å²) in [6.07, 6.45) is 2.94. The number of aromatic amines is 1. The maximum atomic E-state index is 12.2. The summed E-state index contributed by atoms with van der Waals surface area (Å²) in [5, 5.41) is 6.33. The van der Waals surface area contributed by atoms with Crippen LogP contribution in [0, 0.1) is 0 Å². The van der Waals surface area contributed by atoms with E-state index < -0.39 is 0 Å². The molecule has 102 valence electrons. The van der Waals surface area contributed by atoms with Crippen LogP contribution in [0.4, 0.5) is 0 Å². The molecule has 2 aromatic heterocycles. The first-order valence-electron chi connectivity index (χ1n) is 6.79. The lowest BCUT2D eigenvalue weighted by Crippen LogP contribution is -2.20. The molecule has 1 fully saturated rings. The van der Waals surface area contributed by atoms with Crippen molar-refractivity contribution in [3.05, 3.63) is 33.9 Å². The average Bonchev–Trinajstić information content (AvgIpc) is 2.96. The van der Waals surface area contributed by atoms with Crippen molar-refractivity contribution in [1.82, 2.24) is 19.9 Å². The third-order valence-electron chi connectivity index (χ3n) is 3.80. The zero-order valence-electron chi connectivity index (χ0n) is 11.7. The highest BCUT2D eigenvalue weighted by molar-refractivity contribution is 5.50. The Labute approximate surface area is 112 Å². The largest absolute Gasteiger partial charge is 0.316 e. The molecule has 1 unspecified atom stereocenters. The predicted octanol–water partition coefficient (Wildman–Crippen LogP) is 1.40. The number of nitrogens with one attached hydrogen (secondary N) is 2. The maximum Gasteiger partial charge on any atom is 0.272 e. The van der Waals surface area contributed by atoms with Gasteiger partial charge in [0.15, 0.2) is 5.65 Å². The number of fused-ring (bicyclic) bond motifs is 1. The third-order valence-corrected chi connectivity index (χ3v) is 3.80. The number of H-pyrrole nitrogens is 1. The van der Waals surface area contributed by atoms with E-state index in [4.69, 9.17) is 4.98 Å². The van der Waals surface area contributed by atoms with Crippen molar-refractivity contribution in [1.29, 1.82) is 0 Å². The minimum Gasteiger partial charge on any atom is -0.316 e. The smallest absolute Gasteiger partial charge is 0.272 e. The molecule has 0 spiro atoms. The number of nitrogens with zero attached hydrogens (tertiary/aromatic N) is 2. The monoisotopic (exact) mass is 260 g/mol. The quantitative estimate of drug-likeness (QED) is 0.814. The number of hydrogen-bond donors (Lipinski definition) is 2. The lowest BCUT2D eigenvalue weighted by Gasteiger charge is -2.16. The predicted molar refractivity (Wildman–Crippen MR) is 74.7 cm³/mol. The van der Waals surface area contributed by atoms with Gasteiger partial charge in [0, 0.05) is 30.3 Å². The van der Waals surface area contributed by atoms with Crippen LogP contribution >= 0.6 is 0 Å². The van der Waals surface area contributed by atoms with Crippen LogP contribution in [0.1, 0.15) is 44.4 Å². The second-order valence-electron chi connectivity index (χ2n) is 6.31. The van der Waals surface area contributed by atoms with Crippen LogP contribution in [0.5, 0.6) is 0 Å². The van der Waals surface area contributed by atoms with Crippen LogP contribution in [0.2, 0.25) is 0 Å². The zero-order chi connectivity index (χ0) is 13.6. The average molecular weight is 260 g/mol. The molecule has 5 heteroatoms. The van der Waals surface area contributed by atoms with Crippen LogP contribution in [-0.4, -0.2) is 27.7 Å². The Kier molecular flexibility index (Phi) is 2.74. The van der Waals surface area contributed by atoms with Crippen LogP contribution < -0.4 is 10.9 Å². The van der Waals surface area contributed by atoms with E-state index in [1.54, 1.807) is 6.07 Å². The number of aromatic nitrogens is 3. The summed E-state index contributed by atoms with van der Waals surface area (Å²) < 4.78 is 1.53. The van der Waals surface area contributed by atoms with Gasteiger partial charge in [-0.2, -0.15) is 0 Å². The highest BCUT2D eigenvalue weighted by Crippen LogP contribution is 2.26. The molecule has 2 N–H and O–H groups in total. The molecule has 0 aromatic carbocycles. The molecule has 1 aliphatic rings. The second kappa shape index (κ2) is 4.20. The van der Waals surface area contributed by atoms with E-state index in [2.05, 4.69) is 31.2 Å². The molecule has 1 atom stereocenters. The van der Waals surface area contributed by atoms with Crippen LogP contribution in [0.15, 0.2) is 17.1 Å². The first-order valence-corrected chi connectivity index (χ1v) is 6.79. The van der Waals surface area contributed by atoms with Gasteiger partial charge in [0.25, 0.3) is 5.56 Å². The Bertz CT molecular complexity index is 656. The first-order chi connectivity index (χ1) is 8.97. The molecule has 0 radical (unpaired) electrons. The van der Waals surface area contributed by atoms with Gasteiger partial charge in [-0.3, -0.25) is 9.89 Å². The standard InChI is InChI=1S/C14H20N4O/c1-14(2,3)10-8-16-18-12(19)6-11(17-13(10)18)9-4-5-15-7-9/h6,8-9,15-16H,4-5,7H2,1-3H3. The number of hydrogen-bond acceptors (Lipinski definition) is 3. The van der Waals surface area contributed by atoms with Gasteiger partial charge in [0.05, 0.1) is 5.69 Å². The van der Waals surface area contributed by atoms with E-state index in [1.807, 2.05) is 6.20 Å². The highest BCUT2D eigenvalue weighted by Gasteiger charge is 2.23. The molecule has 1 aliphatic heterocycles. The first kappa shape index (κ1) is 12.4. The van der Waals surface area contributed by atoms with Crippen LogP contribution in [0.25, 0.3) is 5.65 Å². The van der Waals surface area contributed by atoms with Crippen molar-refractivity contribution in [3.8, 4) is 0 Å². The van der Waals surface area contributed by atoms with Crippen molar-refractivity contribution >= 4 is 5.65 Å². The van der Waals surface area contributed by atoms with Gasteiger partial charge in [-0.15, -0.1) is 0 Å². The fourth-order valence-corrected chi connectivity index (χ4v) is 2.67. The highest BCUT2D eigenvalue weighted by atomic mass is 16.1. The summed E-state index contributed by atoms with van der Waals surface area (Å²) in [6, 6.07) is 1.66. The Morgan fingerprint density at radius 1 is 1.42 bits per heavy atom. The molecule has 0 amide bonds. The van der Waals surface area contributed by atoms with Gasteiger partial charge in [-0.05, 0) is 18.4 Å². The maximum absolute atomic E-state index is 12.2. The fraction of sp³-hybridized carbons (Fsp3) is 0.571. The van der Waals surface area contributed by atoms with Gasteiger partial charge < -0.3 is 5.32 Å². The normalized spacial score (nSPS) is 20.3. The van der Waals surface area contributed by atoms with Crippen LogP contribution in [-0.2, 0) is 5.41 Å². The van der Waals surface area contributed by atoms with Gasteiger partial charge >= 0.3 is 0 Å². The van der Waals surface area contributed by atoms with E-state index in [9.17, 15) is 4.79 Å². The van der Waals surface area contributed by atoms with E-state index in [-0.39, 0.29) is 11.0 Å². The summed E-state index contributed by atoms with van der Waals surface area (Å²) in [6.45, 7) is 8.31.